The van der Waals surface area contributed by atoms with Crippen molar-refractivity contribution in [1.29, 1.82) is 0 Å². The highest BCUT2D eigenvalue weighted by molar-refractivity contribution is 6.29. The van der Waals surface area contributed by atoms with Crippen LogP contribution < -0.4 is 5.32 Å². The fourth-order valence-electron chi connectivity index (χ4n) is 3.30. The van der Waals surface area contributed by atoms with Crippen molar-refractivity contribution in [1.82, 2.24) is 14.5 Å². The monoisotopic (exact) mass is 396 g/mol. The van der Waals surface area contributed by atoms with Gasteiger partial charge in [0.25, 0.3) is 5.91 Å². The Hall–Kier alpha value is -2.92. The van der Waals surface area contributed by atoms with Gasteiger partial charge in [0, 0.05) is 11.8 Å². The summed E-state index contributed by atoms with van der Waals surface area (Å²) in [6, 6.07) is 10.6. The Kier molecular flexibility index (Phi) is 4.77. The molecule has 1 fully saturated rings. The molecule has 1 aromatic carbocycles. The fourth-order valence-corrected chi connectivity index (χ4v) is 3.47. The first-order chi connectivity index (χ1) is 13.5. The lowest BCUT2D eigenvalue weighted by atomic mass is 10.0. The topological polar surface area (TPSA) is 89.3 Å². The quantitative estimate of drug-likeness (QED) is 0.522. The summed E-state index contributed by atoms with van der Waals surface area (Å²) in [4.78, 5) is 21.0. The highest BCUT2D eigenvalue weighted by atomic mass is 35.5. The number of hydrogen-bond donors (Lipinski definition) is 2. The number of halogens is 1. The Morgan fingerprint density at radius 1 is 1.39 bits per heavy atom. The standard InChI is InChI=1S/C20H17ClN4O3/c1-2-20(12-26)10-8-15(28-20)25-11-9-14-16(23-19(21)24-17(14)25)22-18(27)13-6-4-3-5-7-13/h1,3-7,9,11,15,26H,8,10,12H2,(H,22,23,24,27). The van der Waals surface area contributed by atoms with Crippen LogP contribution in [0.4, 0.5) is 5.82 Å². The Morgan fingerprint density at radius 2 is 2.18 bits per heavy atom. The van der Waals surface area contributed by atoms with Crippen LogP contribution in [0.2, 0.25) is 5.28 Å². The molecule has 2 unspecified atom stereocenters. The first-order valence-corrected chi connectivity index (χ1v) is 9.10. The molecule has 0 aliphatic carbocycles. The van der Waals surface area contributed by atoms with Gasteiger partial charge in [0.05, 0.1) is 12.0 Å². The van der Waals surface area contributed by atoms with Crippen LogP contribution in [0, 0.1) is 12.3 Å². The third kappa shape index (κ3) is 3.22. The van der Waals surface area contributed by atoms with Gasteiger partial charge in [-0.3, -0.25) is 4.79 Å². The minimum Gasteiger partial charge on any atom is -0.392 e. The molecular formula is C20H17ClN4O3. The maximum absolute atomic E-state index is 12.5. The number of aliphatic hydroxyl groups is 1. The number of anilines is 1. The molecule has 7 nitrogen and oxygen atoms in total. The van der Waals surface area contributed by atoms with Gasteiger partial charge in [0.15, 0.2) is 5.60 Å². The lowest BCUT2D eigenvalue weighted by Gasteiger charge is -2.21. The number of ether oxygens (including phenoxy) is 1. The van der Waals surface area contributed by atoms with E-state index in [4.69, 9.17) is 22.8 Å². The molecule has 1 aliphatic heterocycles. The van der Waals surface area contributed by atoms with E-state index < -0.39 is 11.8 Å². The van der Waals surface area contributed by atoms with E-state index in [2.05, 4.69) is 21.2 Å². The predicted molar refractivity (Wildman–Crippen MR) is 105 cm³/mol. The molecule has 1 aliphatic rings. The Labute approximate surface area is 166 Å². The summed E-state index contributed by atoms with van der Waals surface area (Å²) in [5.74, 6) is 2.55. The van der Waals surface area contributed by atoms with E-state index in [1.165, 1.54) is 0 Å². The van der Waals surface area contributed by atoms with E-state index in [-0.39, 0.29) is 17.8 Å². The average Bonchev–Trinajstić information content (AvgIpc) is 3.33. The molecule has 0 spiro atoms. The van der Waals surface area contributed by atoms with E-state index in [1.54, 1.807) is 41.1 Å². The third-order valence-corrected chi connectivity index (χ3v) is 4.97. The highest BCUT2D eigenvalue weighted by Crippen LogP contribution is 2.38. The van der Waals surface area contributed by atoms with Crippen LogP contribution in [0.25, 0.3) is 11.0 Å². The van der Waals surface area contributed by atoms with E-state index in [0.29, 0.717) is 35.3 Å². The second kappa shape index (κ2) is 7.24. The molecule has 2 N–H and O–H groups in total. The first kappa shape index (κ1) is 18.4. The second-order valence-corrected chi connectivity index (χ2v) is 6.87. The Bertz CT molecular complexity index is 1080. The molecule has 4 rings (SSSR count). The van der Waals surface area contributed by atoms with Crippen molar-refractivity contribution in [3.8, 4) is 12.3 Å². The summed E-state index contributed by atoms with van der Waals surface area (Å²) in [5.41, 5.74) is 0.0208. The van der Waals surface area contributed by atoms with Crippen molar-refractivity contribution in [2.24, 2.45) is 0 Å². The highest BCUT2D eigenvalue weighted by Gasteiger charge is 2.39. The molecule has 3 heterocycles. The number of nitrogens with zero attached hydrogens (tertiary/aromatic N) is 3. The van der Waals surface area contributed by atoms with Gasteiger partial charge < -0.3 is 19.7 Å². The molecule has 3 aromatic rings. The number of fused-ring (bicyclic) bond motifs is 1. The van der Waals surface area contributed by atoms with Gasteiger partial charge in [-0.15, -0.1) is 6.42 Å². The smallest absolute Gasteiger partial charge is 0.256 e. The number of rotatable bonds is 4. The van der Waals surface area contributed by atoms with E-state index >= 15 is 0 Å². The van der Waals surface area contributed by atoms with Crippen LogP contribution in [-0.2, 0) is 4.74 Å². The van der Waals surface area contributed by atoms with Crippen molar-refractivity contribution < 1.29 is 14.6 Å². The zero-order valence-electron chi connectivity index (χ0n) is 14.8. The molecule has 1 saturated heterocycles. The number of aliphatic hydroxyl groups excluding tert-OH is 1. The second-order valence-electron chi connectivity index (χ2n) is 6.53. The Morgan fingerprint density at radius 3 is 2.86 bits per heavy atom. The van der Waals surface area contributed by atoms with Crippen molar-refractivity contribution >= 4 is 34.4 Å². The van der Waals surface area contributed by atoms with Crippen LogP contribution >= 0.6 is 11.6 Å². The van der Waals surface area contributed by atoms with Gasteiger partial charge in [0.1, 0.15) is 17.7 Å². The average molecular weight is 397 g/mol. The number of aromatic nitrogens is 3. The SMILES string of the molecule is C#CC1(CO)CCC(n2ccc3c(NC(=O)c4ccccc4)nc(Cl)nc32)O1. The van der Waals surface area contributed by atoms with Gasteiger partial charge in [-0.25, -0.2) is 0 Å². The van der Waals surface area contributed by atoms with Gasteiger partial charge in [-0.1, -0.05) is 24.1 Å². The van der Waals surface area contributed by atoms with E-state index in [1.807, 2.05) is 6.07 Å². The molecule has 142 valence electrons. The van der Waals surface area contributed by atoms with Crippen LogP contribution in [0.3, 0.4) is 0 Å². The largest absolute Gasteiger partial charge is 0.392 e. The van der Waals surface area contributed by atoms with E-state index in [0.717, 1.165) is 0 Å². The number of amides is 1. The van der Waals surface area contributed by atoms with Crippen molar-refractivity contribution in [2.45, 2.75) is 24.7 Å². The normalized spacial score (nSPS) is 21.5. The zero-order chi connectivity index (χ0) is 19.7. The number of hydrogen-bond acceptors (Lipinski definition) is 5. The number of carbonyl (C=O) groups is 1. The van der Waals surface area contributed by atoms with Crippen molar-refractivity contribution in [3.05, 3.63) is 53.4 Å². The van der Waals surface area contributed by atoms with Gasteiger partial charge >= 0.3 is 0 Å². The van der Waals surface area contributed by atoms with Crippen molar-refractivity contribution in [2.75, 3.05) is 11.9 Å². The lowest BCUT2D eigenvalue weighted by molar-refractivity contribution is -0.0615. The summed E-state index contributed by atoms with van der Waals surface area (Å²) in [6.07, 6.45) is 8.05. The summed E-state index contributed by atoms with van der Waals surface area (Å²) < 4.78 is 7.70. The van der Waals surface area contributed by atoms with Crippen molar-refractivity contribution in [3.63, 3.8) is 0 Å². The maximum atomic E-state index is 12.5. The number of terminal acetylenes is 1. The summed E-state index contributed by atoms with van der Waals surface area (Å²) >= 11 is 6.10. The number of nitrogens with one attached hydrogen (secondary N) is 1. The minimum absolute atomic E-state index is 0.000759. The Balaban J connectivity index is 1.68. The minimum atomic E-state index is -0.998. The molecular weight excluding hydrogens is 380 g/mol. The zero-order valence-corrected chi connectivity index (χ0v) is 15.6. The lowest BCUT2D eigenvalue weighted by Crippen LogP contribution is -2.31. The molecule has 0 radical (unpaired) electrons. The van der Waals surface area contributed by atoms with Crippen LogP contribution in [0.1, 0.15) is 29.4 Å². The summed E-state index contributed by atoms with van der Waals surface area (Å²) in [6.45, 7) is -0.257. The molecule has 2 aromatic heterocycles. The van der Waals surface area contributed by atoms with Gasteiger partial charge in [0.2, 0.25) is 5.28 Å². The summed E-state index contributed by atoms with van der Waals surface area (Å²) in [5, 5.41) is 13.0. The fraction of sp³-hybridized carbons (Fsp3) is 0.250. The third-order valence-electron chi connectivity index (χ3n) is 4.80. The first-order valence-electron chi connectivity index (χ1n) is 8.72. The molecule has 28 heavy (non-hydrogen) atoms. The van der Waals surface area contributed by atoms with E-state index in [9.17, 15) is 9.90 Å². The maximum Gasteiger partial charge on any atom is 0.256 e. The summed E-state index contributed by atoms with van der Waals surface area (Å²) in [7, 11) is 0. The van der Waals surface area contributed by atoms with Crippen LogP contribution in [-0.4, -0.2) is 37.8 Å². The van der Waals surface area contributed by atoms with Gasteiger partial charge in [-0.05, 0) is 42.6 Å². The molecule has 1 amide bonds. The number of carbonyl (C=O) groups excluding carboxylic acids is 1. The van der Waals surface area contributed by atoms with Gasteiger partial charge in [-0.2, -0.15) is 9.97 Å². The molecule has 8 heteroatoms. The molecule has 0 saturated carbocycles. The molecule has 0 bridgehead atoms. The van der Waals surface area contributed by atoms with Crippen LogP contribution in [0.5, 0.6) is 0 Å². The predicted octanol–water partition coefficient (Wildman–Crippen LogP) is 3.01. The molecule has 2 atom stereocenters. The number of benzene rings is 1. The van der Waals surface area contributed by atoms with Crippen LogP contribution in [0.15, 0.2) is 42.6 Å².